The zero-order chi connectivity index (χ0) is 41.3. The third-order valence-electron chi connectivity index (χ3n) is 7.56. The number of alkyl halides is 1. The largest absolute Gasteiger partial charge is 0.492 e. The van der Waals surface area contributed by atoms with Crippen LogP contribution in [-0.4, -0.2) is 73.7 Å². The minimum atomic E-state index is -0.529. The summed E-state index contributed by atoms with van der Waals surface area (Å²) < 4.78 is 41.8. The molecule has 0 saturated carbocycles. The van der Waals surface area contributed by atoms with Crippen molar-refractivity contribution in [2.45, 2.75) is 27.7 Å². The van der Waals surface area contributed by atoms with Crippen molar-refractivity contribution in [3.05, 3.63) is 93.0 Å². The monoisotopic (exact) mass is 856 g/mol. The molecule has 0 fully saturated rings. The Balaban J connectivity index is 0.000000221. The van der Waals surface area contributed by atoms with Crippen LogP contribution in [0.5, 0.6) is 34.5 Å². The number of halogens is 1. The summed E-state index contributed by atoms with van der Waals surface area (Å²) >= 11 is 2.94. The molecule has 0 atom stereocenters. The standard InChI is InChI=1S/C19H20N2O7.C15H14N2O5.C4H7BrO2/c1-3-25-16-8-6-5-7-13(16)20(11-19(22)26-4-2)14-9-17-18(28-12-27-17)10-15(14)21(23)24;1-2-20-13-6-4-3-5-10(13)16-11-7-14-15(22-9-21-14)8-12(11)17(18)19;1-2-7-4(6)3-5/h5-10H,3-4,11-12H2,1-2H3;3-8,16H,2,9H2,1H3;2-3H2,1H3. The van der Waals surface area contributed by atoms with Crippen molar-refractivity contribution in [2.24, 2.45) is 0 Å². The second-order valence-electron chi connectivity index (χ2n) is 11.2. The van der Waals surface area contributed by atoms with Gasteiger partial charge in [-0.1, -0.05) is 40.2 Å². The highest BCUT2D eigenvalue weighted by Crippen LogP contribution is 2.46. The van der Waals surface area contributed by atoms with Crippen LogP contribution in [0, 0.1) is 20.2 Å². The van der Waals surface area contributed by atoms with Crippen LogP contribution in [0.15, 0.2) is 72.8 Å². The summed E-state index contributed by atoms with van der Waals surface area (Å²) in [4.78, 5) is 45.9. The van der Waals surface area contributed by atoms with Crippen LogP contribution >= 0.6 is 15.9 Å². The van der Waals surface area contributed by atoms with E-state index in [0.29, 0.717) is 71.0 Å². The fourth-order valence-electron chi connectivity index (χ4n) is 5.25. The summed E-state index contributed by atoms with van der Waals surface area (Å²) in [6, 6.07) is 19.9. The van der Waals surface area contributed by atoms with Crippen molar-refractivity contribution in [2.75, 3.05) is 62.1 Å². The molecule has 2 heterocycles. The molecule has 2 aliphatic rings. The molecule has 1 N–H and O–H groups in total. The Morgan fingerprint density at radius 2 is 1.18 bits per heavy atom. The highest BCUT2D eigenvalue weighted by Gasteiger charge is 2.30. The number of nitro groups is 2. The van der Waals surface area contributed by atoms with Crippen LogP contribution in [0.25, 0.3) is 0 Å². The molecule has 0 unspecified atom stereocenters. The van der Waals surface area contributed by atoms with E-state index < -0.39 is 15.8 Å². The van der Waals surface area contributed by atoms with Gasteiger partial charge in [-0.05, 0) is 52.0 Å². The summed E-state index contributed by atoms with van der Waals surface area (Å²) in [7, 11) is 0. The van der Waals surface area contributed by atoms with E-state index in [1.165, 1.54) is 23.1 Å². The maximum Gasteiger partial charge on any atom is 0.325 e. The predicted molar refractivity (Wildman–Crippen MR) is 211 cm³/mol. The Bertz CT molecular complexity index is 2030. The van der Waals surface area contributed by atoms with E-state index in [1.807, 2.05) is 26.0 Å². The number of rotatable bonds is 15. The van der Waals surface area contributed by atoms with Gasteiger partial charge in [0.25, 0.3) is 11.4 Å². The molecule has 304 valence electrons. The second-order valence-corrected chi connectivity index (χ2v) is 11.8. The number of nitro benzene ring substituents is 2. The Kier molecular flexibility index (Phi) is 16.3. The summed E-state index contributed by atoms with van der Waals surface area (Å²) in [6.45, 7) is 8.53. The van der Waals surface area contributed by atoms with Crippen molar-refractivity contribution >= 4 is 62.0 Å². The highest BCUT2D eigenvalue weighted by atomic mass is 79.9. The number of nitrogens with zero attached hydrogens (tertiary/aromatic N) is 3. The molecule has 0 aliphatic carbocycles. The molecule has 0 radical (unpaired) electrons. The smallest absolute Gasteiger partial charge is 0.325 e. The maximum absolute atomic E-state index is 12.3. The van der Waals surface area contributed by atoms with Gasteiger partial charge in [0.1, 0.15) is 34.7 Å². The Hall–Kier alpha value is -6.50. The quantitative estimate of drug-likeness (QED) is 0.0522. The Labute approximate surface area is 335 Å². The zero-order valence-electron chi connectivity index (χ0n) is 31.5. The number of fused-ring (bicyclic) bond motifs is 2. The van der Waals surface area contributed by atoms with Gasteiger partial charge in [0.05, 0.1) is 59.8 Å². The molecule has 0 amide bonds. The molecule has 6 rings (SSSR count). The van der Waals surface area contributed by atoms with Crippen molar-refractivity contribution in [1.82, 2.24) is 0 Å². The molecule has 57 heavy (non-hydrogen) atoms. The molecule has 4 aromatic rings. The number of hydrogen-bond acceptors (Lipinski definition) is 16. The van der Waals surface area contributed by atoms with Crippen LogP contribution in [-0.2, 0) is 19.1 Å². The summed E-state index contributed by atoms with van der Waals surface area (Å²) in [5.74, 6) is 1.87. The minimum absolute atomic E-state index is 0.0245. The fourth-order valence-corrected chi connectivity index (χ4v) is 5.42. The first-order chi connectivity index (χ1) is 27.5. The fraction of sp³-hybridized carbons (Fsp3) is 0.316. The van der Waals surface area contributed by atoms with E-state index in [-0.39, 0.29) is 55.5 Å². The van der Waals surface area contributed by atoms with Crippen LogP contribution < -0.4 is 38.6 Å². The normalized spacial score (nSPS) is 11.5. The van der Waals surface area contributed by atoms with Gasteiger partial charge < -0.3 is 48.1 Å². The van der Waals surface area contributed by atoms with Crippen molar-refractivity contribution in [3.8, 4) is 34.5 Å². The number of benzene rings is 4. The van der Waals surface area contributed by atoms with Gasteiger partial charge in [-0.25, -0.2) is 0 Å². The number of carbonyl (C=O) groups is 2. The first-order valence-electron chi connectivity index (χ1n) is 17.6. The van der Waals surface area contributed by atoms with Gasteiger partial charge in [0, 0.05) is 12.1 Å². The number of para-hydroxylation sites is 4. The van der Waals surface area contributed by atoms with Crippen molar-refractivity contribution in [1.29, 1.82) is 0 Å². The minimum Gasteiger partial charge on any atom is -0.492 e. The average Bonchev–Trinajstić information content (AvgIpc) is 3.87. The van der Waals surface area contributed by atoms with E-state index in [2.05, 4.69) is 26.0 Å². The average molecular weight is 858 g/mol. The SMILES string of the molecule is CCOC(=O)CBr.CCOC(=O)CN(c1ccccc1OCC)c1cc2c(cc1[N+](=O)[O-])OCO2.CCOc1ccccc1Nc1cc2c(cc1[N+](=O)[O-])OCO2. The third kappa shape index (κ3) is 11.7. The van der Waals surface area contributed by atoms with Gasteiger partial charge in [0.2, 0.25) is 13.6 Å². The Morgan fingerprint density at radius 3 is 1.74 bits per heavy atom. The summed E-state index contributed by atoms with van der Waals surface area (Å²) in [5.41, 5.74) is 1.33. The van der Waals surface area contributed by atoms with E-state index in [0.717, 1.165) is 0 Å². The lowest BCUT2D eigenvalue weighted by atomic mass is 10.1. The highest BCUT2D eigenvalue weighted by molar-refractivity contribution is 9.09. The second kappa shape index (κ2) is 21.6. The van der Waals surface area contributed by atoms with Gasteiger partial charge in [-0.2, -0.15) is 0 Å². The van der Waals surface area contributed by atoms with Gasteiger partial charge >= 0.3 is 11.9 Å². The molecule has 4 aromatic carbocycles. The molecule has 0 saturated heterocycles. The zero-order valence-corrected chi connectivity index (χ0v) is 33.1. The maximum atomic E-state index is 12.3. The van der Waals surface area contributed by atoms with Gasteiger partial charge in [-0.15, -0.1) is 0 Å². The van der Waals surface area contributed by atoms with E-state index in [9.17, 15) is 29.8 Å². The Morgan fingerprint density at radius 1 is 0.667 bits per heavy atom. The third-order valence-corrected chi connectivity index (χ3v) is 8.02. The molecular formula is C38H41BrN4O14. The van der Waals surface area contributed by atoms with Gasteiger partial charge in [0.15, 0.2) is 23.0 Å². The number of carbonyl (C=O) groups excluding carboxylic acids is 2. The molecule has 0 bridgehead atoms. The van der Waals surface area contributed by atoms with Crippen LogP contribution in [0.2, 0.25) is 0 Å². The molecule has 19 heteroatoms. The van der Waals surface area contributed by atoms with Crippen molar-refractivity contribution in [3.63, 3.8) is 0 Å². The number of anilines is 4. The predicted octanol–water partition coefficient (Wildman–Crippen LogP) is 7.83. The van der Waals surface area contributed by atoms with Gasteiger partial charge in [-0.3, -0.25) is 29.8 Å². The molecule has 0 spiro atoms. The topological polar surface area (TPSA) is 210 Å². The lowest BCUT2D eigenvalue weighted by molar-refractivity contribution is -0.384. The van der Waals surface area contributed by atoms with Crippen LogP contribution in [0.4, 0.5) is 34.1 Å². The number of nitrogens with one attached hydrogen (secondary N) is 1. The van der Waals surface area contributed by atoms with E-state index >= 15 is 0 Å². The first kappa shape index (κ1) is 43.2. The number of hydrogen-bond donors (Lipinski definition) is 1. The molecular weight excluding hydrogens is 816 g/mol. The first-order valence-corrected chi connectivity index (χ1v) is 18.7. The summed E-state index contributed by atoms with van der Waals surface area (Å²) in [6.07, 6.45) is 0. The molecule has 18 nitrogen and oxygen atoms in total. The molecule has 0 aromatic heterocycles. The van der Waals surface area contributed by atoms with Crippen LogP contribution in [0.1, 0.15) is 27.7 Å². The van der Waals surface area contributed by atoms with Crippen molar-refractivity contribution < 1.29 is 57.3 Å². The number of esters is 2. The number of ether oxygens (including phenoxy) is 8. The van der Waals surface area contributed by atoms with E-state index in [4.69, 9.17) is 33.2 Å². The lowest BCUT2D eigenvalue weighted by Gasteiger charge is -2.26. The van der Waals surface area contributed by atoms with Crippen LogP contribution in [0.3, 0.4) is 0 Å². The lowest BCUT2D eigenvalue weighted by Crippen LogP contribution is -2.28. The summed E-state index contributed by atoms with van der Waals surface area (Å²) in [5, 5.41) is 26.3. The molecule has 2 aliphatic heterocycles. The van der Waals surface area contributed by atoms with E-state index in [1.54, 1.807) is 56.3 Å².